The lowest BCUT2D eigenvalue weighted by Crippen LogP contribution is -2.46. The Labute approximate surface area is 105 Å². The molecule has 0 atom stereocenters. The van der Waals surface area contributed by atoms with Gasteiger partial charge in [-0.1, -0.05) is 0 Å². The average molecular weight is 254 g/mol. The summed E-state index contributed by atoms with van der Waals surface area (Å²) in [5, 5.41) is 6.21. The van der Waals surface area contributed by atoms with E-state index in [4.69, 9.17) is 0 Å². The zero-order valence-electron chi connectivity index (χ0n) is 10.0. The molecule has 0 spiro atoms. The number of hydrogen-bond donors (Lipinski definition) is 2. The van der Waals surface area contributed by atoms with Gasteiger partial charge in [0, 0.05) is 44.1 Å². The molecule has 0 aliphatic carbocycles. The van der Waals surface area contributed by atoms with Gasteiger partial charge < -0.3 is 10.6 Å². The molecule has 0 bridgehead atoms. The SMILES string of the molecule is Cc1cc(C(=O)NCCN2CCNCC2)ns1. The molecule has 0 unspecified atom stereocenters. The molecule has 1 aromatic rings. The zero-order chi connectivity index (χ0) is 12.1. The average Bonchev–Trinajstić information content (AvgIpc) is 2.77. The van der Waals surface area contributed by atoms with Crippen molar-refractivity contribution in [1.29, 1.82) is 0 Å². The highest BCUT2D eigenvalue weighted by molar-refractivity contribution is 7.05. The Morgan fingerprint density at radius 1 is 1.59 bits per heavy atom. The van der Waals surface area contributed by atoms with E-state index >= 15 is 0 Å². The second kappa shape index (κ2) is 6.09. The Kier molecular flexibility index (Phi) is 4.47. The Hall–Kier alpha value is -0.980. The van der Waals surface area contributed by atoms with Gasteiger partial charge in [-0.2, -0.15) is 4.37 Å². The lowest BCUT2D eigenvalue weighted by Gasteiger charge is -2.26. The number of aromatic nitrogens is 1. The maximum atomic E-state index is 11.7. The molecule has 1 aromatic heterocycles. The molecule has 0 aromatic carbocycles. The molecular weight excluding hydrogens is 236 g/mol. The Balaban J connectivity index is 1.69. The molecule has 1 fully saturated rings. The first-order chi connectivity index (χ1) is 8.25. The summed E-state index contributed by atoms with van der Waals surface area (Å²) >= 11 is 1.36. The topological polar surface area (TPSA) is 57.3 Å². The van der Waals surface area contributed by atoms with E-state index in [0.29, 0.717) is 12.2 Å². The van der Waals surface area contributed by atoms with Crippen molar-refractivity contribution < 1.29 is 4.79 Å². The van der Waals surface area contributed by atoms with Gasteiger partial charge in [0.2, 0.25) is 0 Å². The van der Waals surface area contributed by atoms with Crippen molar-refractivity contribution in [3.63, 3.8) is 0 Å². The van der Waals surface area contributed by atoms with Gasteiger partial charge in [0.25, 0.3) is 5.91 Å². The van der Waals surface area contributed by atoms with E-state index in [1.165, 1.54) is 11.5 Å². The van der Waals surface area contributed by atoms with Crippen LogP contribution in [0.1, 0.15) is 15.4 Å². The lowest BCUT2D eigenvalue weighted by molar-refractivity contribution is 0.0943. The van der Waals surface area contributed by atoms with Gasteiger partial charge in [-0.15, -0.1) is 0 Å². The first kappa shape index (κ1) is 12.5. The number of amides is 1. The number of carbonyl (C=O) groups excluding carboxylic acids is 1. The first-order valence-electron chi connectivity index (χ1n) is 5.90. The van der Waals surface area contributed by atoms with Crippen molar-refractivity contribution >= 4 is 17.4 Å². The third-order valence-corrected chi connectivity index (χ3v) is 3.48. The van der Waals surface area contributed by atoms with E-state index in [1.807, 2.05) is 13.0 Å². The molecule has 2 heterocycles. The summed E-state index contributed by atoms with van der Waals surface area (Å²) in [5.74, 6) is -0.0653. The minimum atomic E-state index is -0.0653. The van der Waals surface area contributed by atoms with Gasteiger partial charge in [-0.3, -0.25) is 9.69 Å². The van der Waals surface area contributed by atoms with Crippen LogP contribution in [0.4, 0.5) is 0 Å². The van der Waals surface area contributed by atoms with Gasteiger partial charge in [0.1, 0.15) is 5.69 Å². The summed E-state index contributed by atoms with van der Waals surface area (Å²) < 4.78 is 4.09. The summed E-state index contributed by atoms with van der Waals surface area (Å²) in [7, 11) is 0. The number of rotatable bonds is 4. The molecule has 6 heteroatoms. The molecular formula is C11H18N4OS. The Bertz CT molecular complexity index is 373. The molecule has 2 rings (SSSR count). The fraction of sp³-hybridized carbons (Fsp3) is 0.636. The fourth-order valence-corrected chi connectivity index (χ4v) is 2.37. The maximum absolute atomic E-state index is 11.7. The summed E-state index contributed by atoms with van der Waals surface area (Å²) in [6, 6.07) is 1.82. The van der Waals surface area contributed by atoms with Crippen molar-refractivity contribution in [2.75, 3.05) is 39.3 Å². The fourth-order valence-electron chi connectivity index (χ4n) is 1.83. The van der Waals surface area contributed by atoms with Crippen LogP contribution < -0.4 is 10.6 Å². The second-order valence-electron chi connectivity index (χ2n) is 4.17. The molecule has 5 nitrogen and oxygen atoms in total. The van der Waals surface area contributed by atoms with Crippen molar-refractivity contribution in [3.05, 3.63) is 16.6 Å². The van der Waals surface area contributed by atoms with Crippen LogP contribution in [-0.2, 0) is 0 Å². The van der Waals surface area contributed by atoms with Gasteiger partial charge in [0.05, 0.1) is 0 Å². The van der Waals surface area contributed by atoms with Gasteiger partial charge in [-0.05, 0) is 24.5 Å². The quantitative estimate of drug-likeness (QED) is 0.799. The van der Waals surface area contributed by atoms with Gasteiger partial charge in [0.15, 0.2) is 0 Å². The third kappa shape index (κ3) is 3.76. The highest BCUT2D eigenvalue weighted by Crippen LogP contribution is 2.07. The normalized spacial score (nSPS) is 17.0. The highest BCUT2D eigenvalue weighted by atomic mass is 32.1. The molecule has 94 valence electrons. The van der Waals surface area contributed by atoms with Crippen molar-refractivity contribution in [1.82, 2.24) is 19.9 Å². The number of nitrogens with one attached hydrogen (secondary N) is 2. The van der Waals surface area contributed by atoms with Gasteiger partial charge in [-0.25, -0.2) is 0 Å². The first-order valence-corrected chi connectivity index (χ1v) is 6.67. The molecule has 2 N–H and O–H groups in total. The third-order valence-electron chi connectivity index (χ3n) is 2.78. The predicted octanol–water partition coefficient (Wildman–Crippen LogP) is 0.0865. The van der Waals surface area contributed by atoms with Crippen molar-refractivity contribution in [2.24, 2.45) is 0 Å². The van der Waals surface area contributed by atoms with Crippen molar-refractivity contribution in [3.8, 4) is 0 Å². The largest absolute Gasteiger partial charge is 0.349 e. The molecule has 17 heavy (non-hydrogen) atoms. The van der Waals surface area contributed by atoms with Crippen LogP contribution in [0.15, 0.2) is 6.07 Å². The maximum Gasteiger partial charge on any atom is 0.271 e. The predicted molar refractivity (Wildman–Crippen MR) is 68.5 cm³/mol. The highest BCUT2D eigenvalue weighted by Gasteiger charge is 2.11. The number of hydrogen-bond acceptors (Lipinski definition) is 5. The van der Waals surface area contributed by atoms with Gasteiger partial charge >= 0.3 is 0 Å². The Morgan fingerprint density at radius 3 is 3.00 bits per heavy atom. The van der Waals surface area contributed by atoms with E-state index in [-0.39, 0.29) is 5.91 Å². The van der Waals surface area contributed by atoms with Crippen LogP contribution in [0.2, 0.25) is 0 Å². The molecule has 1 aliphatic rings. The second-order valence-corrected chi connectivity index (χ2v) is 5.18. The molecule has 1 amide bonds. The summed E-state index contributed by atoms with van der Waals surface area (Å²) in [6.07, 6.45) is 0. The lowest BCUT2D eigenvalue weighted by atomic mass is 10.3. The van der Waals surface area contributed by atoms with E-state index in [0.717, 1.165) is 37.6 Å². The van der Waals surface area contributed by atoms with Crippen LogP contribution in [0.25, 0.3) is 0 Å². The molecule has 0 saturated carbocycles. The smallest absolute Gasteiger partial charge is 0.271 e. The molecule has 1 aliphatic heterocycles. The van der Waals surface area contributed by atoms with E-state index < -0.39 is 0 Å². The summed E-state index contributed by atoms with van der Waals surface area (Å²) in [6.45, 7) is 7.76. The number of aryl methyl sites for hydroxylation is 1. The van der Waals surface area contributed by atoms with Crippen LogP contribution in [0.3, 0.4) is 0 Å². The van der Waals surface area contributed by atoms with E-state index in [9.17, 15) is 4.79 Å². The van der Waals surface area contributed by atoms with Crippen molar-refractivity contribution in [2.45, 2.75) is 6.92 Å². The number of piperazine rings is 1. The minimum Gasteiger partial charge on any atom is -0.349 e. The zero-order valence-corrected chi connectivity index (χ0v) is 10.8. The van der Waals surface area contributed by atoms with E-state index in [2.05, 4.69) is 19.9 Å². The monoisotopic (exact) mass is 254 g/mol. The Morgan fingerprint density at radius 2 is 2.35 bits per heavy atom. The van der Waals surface area contributed by atoms with Crippen LogP contribution >= 0.6 is 11.5 Å². The molecule has 1 saturated heterocycles. The van der Waals surface area contributed by atoms with Crippen LogP contribution in [0.5, 0.6) is 0 Å². The number of nitrogens with zero attached hydrogens (tertiary/aromatic N) is 2. The summed E-state index contributed by atoms with van der Waals surface area (Å²) in [5.41, 5.74) is 0.535. The standard InChI is InChI=1S/C11H18N4OS/c1-9-8-10(14-17-9)11(16)13-4-7-15-5-2-12-3-6-15/h8,12H,2-7H2,1H3,(H,13,16). The number of carbonyl (C=O) groups is 1. The van der Waals surface area contributed by atoms with Crippen LogP contribution in [-0.4, -0.2) is 54.4 Å². The summed E-state index contributed by atoms with van der Waals surface area (Å²) in [4.78, 5) is 15.1. The molecule has 0 radical (unpaired) electrons. The van der Waals surface area contributed by atoms with E-state index in [1.54, 1.807) is 0 Å². The van der Waals surface area contributed by atoms with Crippen LogP contribution in [0, 0.1) is 6.92 Å². The minimum absolute atomic E-state index is 0.0653.